The molecule has 1 aromatic carbocycles. The molecule has 0 saturated carbocycles. The molecule has 0 saturated heterocycles. The maximum absolute atomic E-state index is 12.1. The summed E-state index contributed by atoms with van der Waals surface area (Å²) in [6, 6.07) is 8.56. The van der Waals surface area contributed by atoms with E-state index < -0.39 is 0 Å². The molecule has 2 aromatic rings. The lowest BCUT2D eigenvalue weighted by atomic mass is 10.0. The van der Waals surface area contributed by atoms with Crippen molar-refractivity contribution >= 4 is 16.9 Å². The Labute approximate surface area is 196 Å². The van der Waals surface area contributed by atoms with E-state index in [2.05, 4.69) is 54.9 Å². The Kier molecular flexibility index (Phi) is 13.1. The van der Waals surface area contributed by atoms with Gasteiger partial charge in [-0.2, -0.15) is 0 Å². The van der Waals surface area contributed by atoms with Crippen LogP contribution in [0.5, 0.6) is 0 Å². The van der Waals surface area contributed by atoms with Crippen molar-refractivity contribution in [1.29, 1.82) is 0 Å². The molecule has 0 fully saturated rings. The van der Waals surface area contributed by atoms with Crippen molar-refractivity contribution in [2.45, 2.75) is 117 Å². The molecule has 0 aliphatic carbocycles. The van der Waals surface area contributed by atoms with Crippen molar-refractivity contribution in [2.24, 2.45) is 5.92 Å². The molecule has 1 heterocycles. The Morgan fingerprint density at radius 3 is 2.25 bits per heavy atom. The minimum atomic E-state index is 0.172. The summed E-state index contributed by atoms with van der Waals surface area (Å²) < 4.78 is 2.46. The number of para-hydroxylation sites is 2. The van der Waals surface area contributed by atoms with Crippen molar-refractivity contribution in [2.75, 3.05) is 6.54 Å². The van der Waals surface area contributed by atoms with Crippen LogP contribution in [0.1, 0.15) is 110 Å². The van der Waals surface area contributed by atoms with E-state index in [1.807, 2.05) is 0 Å². The Bertz CT molecular complexity index is 763. The third-order valence-corrected chi connectivity index (χ3v) is 6.70. The van der Waals surface area contributed by atoms with Crippen LogP contribution in [0.3, 0.4) is 0 Å². The summed E-state index contributed by atoms with van der Waals surface area (Å²) in [5.41, 5.74) is 2.40. The number of hydrogen-bond donors (Lipinski definition) is 1. The number of nitrogens with zero attached hydrogens (tertiary/aromatic N) is 2. The van der Waals surface area contributed by atoms with Crippen LogP contribution in [-0.4, -0.2) is 22.0 Å². The number of unbranched alkanes of at least 4 members (excludes halogenated alkanes) is 9. The van der Waals surface area contributed by atoms with Gasteiger partial charge in [0, 0.05) is 25.4 Å². The Hall–Kier alpha value is -1.84. The summed E-state index contributed by atoms with van der Waals surface area (Å²) in [5, 5.41) is 3.11. The number of nitrogens with one attached hydrogen (secondary N) is 1. The van der Waals surface area contributed by atoms with E-state index in [0.717, 1.165) is 57.1 Å². The molecule has 0 atom stereocenters. The lowest BCUT2D eigenvalue weighted by molar-refractivity contribution is -0.125. The number of aromatic nitrogens is 2. The molecule has 0 aliphatic rings. The van der Waals surface area contributed by atoms with Gasteiger partial charge in [0.2, 0.25) is 5.91 Å². The standard InChI is InChI=1S/C28H47N3O/c1-4-7-8-9-10-11-12-18-23-31-26-20-16-15-19-25(26)30-27(31)21-14-13-17-22-29-28(32)24(5-2)6-3/h15-16,19-20,24H,4-14,17-18,21-23H2,1-3H3,(H,29,32). The van der Waals surface area contributed by atoms with E-state index in [4.69, 9.17) is 4.98 Å². The summed E-state index contributed by atoms with van der Waals surface area (Å²) in [5.74, 6) is 1.63. The van der Waals surface area contributed by atoms with Gasteiger partial charge in [-0.25, -0.2) is 4.98 Å². The maximum Gasteiger partial charge on any atom is 0.223 e. The van der Waals surface area contributed by atoms with Crippen LogP contribution in [0.2, 0.25) is 0 Å². The highest BCUT2D eigenvalue weighted by Gasteiger charge is 2.13. The van der Waals surface area contributed by atoms with Crippen LogP contribution >= 0.6 is 0 Å². The highest BCUT2D eigenvalue weighted by molar-refractivity contribution is 5.78. The SMILES string of the molecule is CCCCCCCCCCn1c(CCCCCNC(=O)C(CC)CC)nc2ccccc21. The quantitative estimate of drug-likeness (QED) is 0.244. The van der Waals surface area contributed by atoms with Crippen molar-refractivity contribution in [3.05, 3.63) is 30.1 Å². The first-order chi connectivity index (χ1) is 15.7. The summed E-state index contributed by atoms with van der Waals surface area (Å²) in [7, 11) is 0. The Morgan fingerprint density at radius 1 is 0.875 bits per heavy atom. The normalized spacial score (nSPS) is 11.5. The number of fused-ring (bicyclic) bond motifs is 1. The Balaban J connectivity index is 1.74. The van der Waals surface area contributed by atoms with E-state index in [0.29, 0.717) is 0 Å². The van der Waals surface area contributed by atoms with Crippen LogP contribution < -0.4 is 5.32 Å². The second-order valence-electron chi connectivity index (χ2n) is 9.26. The number of amides is 1. The van der Waals surface area contributed by atoms with Gasteiger partial charge in [0.1, 0.15) is 5.82 Å². The number of carbonyl (C=O) groups excluding carboxylic acids is 1. The lowest BCUT2D eigenvalue weighted by Crippen LogP contribution is -2.30. The van der Waals surface area contributed by atoms with Crippen LogP contribution in [0, 0.1) is 5.92 Å². The first-order valence-corrected chi connectivity index (χ1v) is 13.4. The fourth-order valence-corrected chi connectivity index (χ4v) is 4.57. The molecule has 2 rings (SSSR count). The van der Waals surface area contributed by atoms with Gasteiger partial charge in [-0.15, -0.1) is 0 Å². The molecule has 0 radical (unpaired) electrons. The zero-order valence-corrected chi connectivity index (χ0v) is 21.0. The molecule has 32 heavy (non-hydrogen) atoms. The van der Waals surface area contributed by atoms with Gasteiger partial charge in [-0.1, -0.05) is 84.3 Å². The van der Waals surface area contributed by atoms with Gasteiger partial charge in [-0.3, -0.25) is 4.79 Å². The second-order valence-corrected chi connectivity index (χ2v) is 9.26. The van der Waals surface area contributed by atoms with Crippen LogP contribution in [0.4, 0.5) is 0 Å². The minimum absolute atomic E-state index is 0.172. The molecule has 4 heteroatoms. The predicted molar refractivity (Wildman–Crippen MR) is 137 cm³/mol. The fourth-order valence-electron chi connectivity index (χ4n) is 4.57. The highest BCUT2D eigenvalue weighted by atomic mass is 16.1. The zero-order valence-electron chi connectivity index (χ0n) is 21.0. The van der Waals surface area contributed by atoms with Gasteiger partial charge in [0.05, 0.1) is 11.0 Å². The van der Waals surface area contributed by atoms with Gasteiger partial charge < -0.3 is 9.88 Å². The molecular formula is C28H47N3O. The average molecular weight is 442 g/mol. The van der Waals surface area contributed by atoms with Crippen molar-refractivity contribution in [3.8, 4) is 0 Å². The number of aryl methyl sites for hydroxylation is 2. The highest BCUT2D eigenvalue weighted by Crippen LogP contribution is 2.19. The smallest absolute Gasteiger partial charge is 0.223 e. The molecule has 1 amide bonds. The molecule has 0 bridgehead atoms. The van der Waals surface area contributed by atoms with Crippen LogP contribution in [0.25, 0.3) is 11.0 Å². The number of hydrogen-bond acceptors (Lipinski definition) is 2. The summed E-state index contributed by atoms with van der Waals surface area (Å²) >= 11 is 0. The van der Waals surface area contributed by atoms with Gasteiger partial charge >= 0.3 is 0 Å². The van der Waals surface area contributed by atoms with E-state index in [1.54, 1.807) is 0 Å². The number of benzene rings is 1. The van der Waals surface area contributed by atoms with E-state index in [9.17, 15) is 4.79 Å². The zero-order chi connectivity index (χ0) is 23.0. The van der Waals surface area contributed by atoms with Crippen molar-refractivity contribution < 1.29 is 4.79 Å². The molecule has 0 unspecified atom stereocenters. The van der Waals surface area contributed by atoms with Crippen LogP contribution in [-0.2, 0) is 17.8 Å². The molecule has 4 nitrogen and oxygen atoms in total. The van der Waals surface area contributed by atoms with Crippen LogP contribution in [0.15, 0.2) is 24.3 Å². The van der Waals surface area contributed by atoms with E-state index >= 15 is 0 Å². The minimum Gasteiger partial charge on any atom is -0.356 e. The molecule has 1 aromatic heterocycles. The number of carbonyl (C=O) groups is 1. The average Bonchev–Trinajstić information content (AvgIpc) is 3.16. The van der Waals surface area contributed by atoms with E-state index in [1.165, 1.54) is 62.7 Å². The topological polar surface area (TPSA) is 46.9 Å². The molecular weight excluding hydrogens is 394 g/mol. The molecule has 1 N–H and O–H groups in total. The molecule has 0 aliphatic heterocycles. The molecule has 180 valence electrons. The number of imidazole rings is 1. The first kappa shape index (κ1) is 26.4. The summed E-state index contributed by atoms with van der Waals surface area (Å²) in [6.07, 6.45) is 17.0. The lowest BCUT2D eigenvalue weighted by Gasteiger charge is -2.12. The van der Waals surface area contributed by atoms with Gasteiger partial charge in [0.25, 0.3) is 0 Å². The van der Waals surface area contributed by atoms with E-state index in [-0.39, 0.29) is 11.8 Å². The second kappa shape index (κ2) is 15.9. The fraction of sp³-hybridized carbons (Fsp3) is 0.714. The van der Waals surface area contributed by atoms with Gasteiger partial charge in [-0.05, 0) is 44.2 Å². The predicted octanol–water partition coefficient (Wildman–Crippen LogP) is 7.44. The summed E-state index contributed by atoms with van der Waals surface area (Å²) in [6.45, 7) is 8.33. The number of rotatable bonds is 18. The van der Waals surface area contributed by atoms with Gasteiger partial charge in [0.15, 0.2) is 0 Å². The monoisotopic (exact) mass is 441 g/mol. The first-order valence-electron chi connectivity index (χ1n) is 13.4. The van der Waals surface area contributed by atoms with Crippen molar-refractivity contribution in [1.82, 2.24) is 14.9 Å². The maximum atomic E-state index is 12.1. The van der Waals surface area contributed by atoms with Crippen molar-refractivity contribution in [3.63, 3.8) is 0 Å². The Morgan fingerprint density at radius 2 is 1.53 bits per heavy atom. The molecule has 0 spiro atoms. The summed E-state index contributed by atoms with van der Waals surface area (Å²) in [4.78, 5) is 17.0. The largest absolute Gasteiger partial charge is 0.356 e. The third-order valence-electron chi connectivity index (χ3n) is 6.70. The third kappa shape index (κ3) is 8.96.